The summed E-state index contributed by atoms with van der Waals surface area (Å²) in [6.07, 6.45) is 1.07. The molecule has 1 fully saturated rings. The first-order valence-corrected chi connectivity index (χ1v) is 7.43. The fourth-order valence-electron chi connectivity index (χ4n) is 2.93. The van der Waals surface area contributed by atoms with Crippen molar-refractivity contribution in [2.45, 2.75) is 45.5 Å². The maximum atomic E-state index is 12.4. The van der Waals surface area contributed by atoms with Crippen LogP contribution in [0.2, 0.25) is 0 Å². The molecule has 0 saturated carbocycles. The average molecular weight is 298 g/mol. The van der Waals surface area contributed by atoms with E-state index in [2.05, 4.69) is 35.8 Å². The van der Waals surface area contributed by atoms with Crippen LogP contribution in [0.5, 0.6) is 5.75 Å². The smallest absolute Gasteiger partial charge is 0.387 e. The highest BCUT2D eigenvalue weighted by atomic mass is 19.3. The van der Waals surface area contributed by atoms with Crippen LogP contribution in [-0.4, -0.2) is 37.2 Å². The number of benzene rings is 1. The van der Waals surface area contributed by atoms with E-state index in [9.17, 15) is 8.78 Å². The summed E-state index contributed by atoms with van der Waals surface area (Å²) in [6.45, 7) is 3.26. The topological polar surface area (TPSA) is 24.5 Å². The molecule has 3 atom stereocenters. The van der Waals surface area contributed by atoms with E-state index in [0.717, 1.165) is 18.5 Å². The van der Waals surface area contributed by atoms with Crippen molar-refractivity contribution in [1.29, 1.82) is 0 Å². The minimum atomic E-state index is -2.78. The summed E-state index contributed by atoms with van der Waals surface area (Å²) in [4.78, 5) is 2.36. The lowest BCUT2D eigenvalue weighted by Gasteiger charge is -2.40. The fourth-order valence-corrected chi connectivity index (χ4v) is 2.93. The maximum Gasteiger partial charge on any atom is 0.387 e. The summed E-state index contributed by atoms with van der Waals surface area (Å²) >= 11 is 0. The van der Waals surface area contributed by atoms with Gasteiger partial charge in [-0.1, -0.05) is 25.1 Å². The Morgan fingerprint density at radius 3 is 2.76 bits per heavy atom. The van der Waals surface area contributed by atoms with E-state index in [1.165, 1.54) is 0 Å². The molecular weight excluding hydrogens is 274 g/mol. The van der Waals surface area contributed by atoms with Crippen molar-refractivity contribution in [2.75, 3.05) is 13.6 Å². The number of likely N-dealkylation sites (tertiary alicyclic amines) is 1. The van der Waals surface area contributed by atoms with Gasteiger partial charge in [0.25, 0.3) is 0 Å². The van der Waals surface area contributed by atoms with Crippen LogP contribution < -0.4 is 10.1 Å². The molecule has 1 aliphatic heterocycles. The van der Waals surface area contributed by atoms with Crippen LogP contribution in [0.4, 0.5) is 8.78 Å². The van der Waals surface area contributed by atoms with Crippen molar-refractivity contribution in [1.82, 2.24) is 10.2 Å². The first kappa shape index (κ1) is 16.2. The van der Waals surface area contributed by atoms with Crippen molar-refractivity contribution in [3.63, 3.8) is 0 Å². The number of alkyl halides is 2. The van der Waals surface area contributed by atoms with Gasteiger partial charge in [0.1, 0.15) is 5.75 Å². The molecule has 1 N–H and O–H groups in total. The molecule has 0 aliphatic carbocycles. The third-order valence-electron chi connectivity index (χ3n) is 4.35. The molecule has 0 spiro atoms. The summed E-state index contributed by atoms with van der Waals surface area (Å²) in [5, 5.41) is 3.50. The standard InChI is InChI=1S/C16H24F2N2O/c1-11-10-20(3)12(2)8-14(11)19-9-13-6-4-5-7-15(13)21-16(17)18/h4-7,11-12,14,16,19H,8-10H2,1-3H3. The molecule has 0 bridgehead atoms. The Kier molecular flexibility index (Phi) is 5.53. The van der Waals surface area contributed by atoms with Gasteiger partial charge >= 0.3 is 6.61 Å². The number of hydrogen-bond acceptors (Lipinski definition) is 3. The average Bonchev–Trinajstić information content (AvgIpc) is 2.42. The Labute approximate surface area is 125 Å². The minimum absolute atomic E-state index is 0.258. The van der Waals surface area contributed by atoms with Crippen LogP contribution in [0.1, 0.15) is 25.8 Å². The summed E-state index contributed by atoms with van der Waals surface area (Å²) in [5.74, 6) is 0.794. The molecule has 1 saturated heterocycles. The van der Waals surface area contributed by atoms with Crippen LogP contribution in [0.15, 0.2) is 24.3 Å². The van der Waals surface area contributed by atoms with Crippen LogP contribution in [0.25, 0.3) is 0 Å². The molecule has 2 rings (SSSR count). The van der Waals surface area contributed by atoms with Gasteiger partial charge in [0.05, 0.1) is 0 Å². The fraction of sp³-hybridized carbons (Fsp3) is 0.625. The van der Waals surface area contributed by atoms with Crippen molar-refractivity contribution >= 4 is 0 Å². The summed E-state index contributed by atoms with van der Waals surface area (Å²) in [7, 11) is 2.14. The van der Waals surface area contributed by atoms with E-state index >= 15 is 0 Å². The number of rotatable bonds is 5. The number of piperidine rings is 1. The molecule has 5 heteroatoms. The van der Waals surface area contributed by atoms with E-state index in [1.807, 2.05) is 12.1 Å². The summed E-state index contributed by atoms with van der Waals surface area (Å²) in [6, 6.07) is 7.90. The summed E-state index contributed by atoms with van der Waals surface area (Å²) in [5.41, 5.74) is 0.775. The number of halogens is 2. The van der Waals surface area contributed by atoms with Crippen molar-refractivity contribution < 1.29 is 13.5 Å². The minimum Gasteiger partial charge on any atom is -0.434 e. The first-order chi connectivity index (χ1) is 9.97. The maximum absolute atomic E-state index is 12.4. The molecule has 3 nitrogen and oxygen atoms in total. The second kappa shape index (κ2) is 7.18. The Balaban J connectivity index is 1.96. The highest BCUT2D eigenvalue weighted by molar-refractivity contribution is 5.33. The second-order valence-corrected chi connectivity index (χ2v) is 5.98. The lowest BCUT2D eigenvalue weighted by atomic mass is 9.89. The largest absolute Gasteiger partial charge is 0.434 e. The molecule has 1 aromatic carbocycles. The normalized spacial score (nSPS) is 27.0. The predicted molar refractivity (Wildman–Crippen MR) is 79.6 cm³/mol. The van der Waals surface area contributed by atoms with Crippen molar-refractivity contribution in [3.05, 3.63) is 29.8 Å². The predicted octanol–water partition coefficient (Wildman–Crippen LogP) is 3.11. The van der Waals surface area contributed by atoms with Gasteiger partial charge in [-0.2, -0.15) is 8.78 Å². The van der Waals surface area contributed by atoms with Crippen LogP contribution >= 0.6 is 0 Å². The molecule has 0 amide bonds. The van der Waals surface area contributed by atoms with Gasteiger partial charge in [-0.25, -0.2) is 0 Å². The second-order valence-electron chi connectivity index (χ2n) is 5.98. The van der Waals surface area contributed by atoms with E-state index < -0.39 is 6.61 Å². The molecule has 0 radical (unpaired) electrons. The Morgan fingerprint density at radius 1 is 1.33 bits per heavy atom. The van der Waals surface area contributed by atoms with Gasteiger partial charge in [0, 0.05) is 30.7 Å². The quantitative estimate of drug-likeness (QED) is 0.904. The Hall–Kier alpha value is -1.20. The third-order valence-corrected chi connectivity index (χ3v) is 4.35. The molecule has 118 valence electrons. The number of hydrogen-bond donors (Lipinski definition) is 1. The summed E-state index contributed by atoms with van der Waals surface area (Å²) < 4.78 is 29.4. The molecule has 21 heavy (non-hydrogen) atoms. The first-order valence-electron chi connectivity index (χ1n) is 7.43. The molecule has 1 aliphatic rings. The van der Waals surface area contributed by atoms with Crippen molar-refractivity contribution in [3.8, 4) is 5.75 Å². The van der Waals surface area contributed by atoms with Gasteiger partial charge in [0.15, 0.2) is 0 Å². The number of ether oxygens (including phenoxy) is 1. The van der Waals surface area contributed by atoms with Gasteiger partial charge in [0.2, 0.25) is 0 Å². The third kappa shape index (κ3) is 4.38. The van der Waals surface area contributed by atoms with Crippen molar-refractivity contribution in [2.24, 2.45) is 5.92 Å². The zero-order valence-corrected chi connectivity index (χ0v) is 12.9. The van der Waals surface area contributed by atoms with Crippen LogP contribution in [0, 0.1) is 5.92 Å². The number of nitrogens with zero attached hydrogens (tertiary/aromatic N) is 1. The zero-order chi connectivity index (χ0) is 15.4. The number of para-hydroxylation sites is 1. The molecule has 3 unspecified atom stereocenters. The molecule has 1 aromatic rings. The van der Waals surface area contributed by atoms with Crippen LogP contribution in [-0.2, 0) is 6.54 Å². The van der Waals surface area contributed by atoms with Gasteiger partial charge in [-0.15, -0.1) is 0 Å². The van der Waals surface area contributed by atoms with E-state index in [1.54, 1.807) is 12.1 Å². The SMILES string of the molecule is CC1CN(C)C(C)CC1NCc1ccccc1OC(F)F. The Morgan fingerprint density at radius 2 is 2.05 bits per heavy atom. The highest BCUT2D eigenvalue weighted by Gasteiger charge is 2.28. The lowest BCUT2D eigenvalue weighted by molar-refractivity contribution is -0.0505. The number of nitrogens with one attached hydrogen (secondary N) is 1. The van der Waals surface area contributed by atoms with Gasteiger partial charge in [-0.3, -0.25) is 0 Å². The highest BCUT2D eigenvalue weighted by Crippen LogP contribution is 2.23. The molecule has 0 aromatic heterocycles. The van der Waals surface area contributed by atoms with Gasteiger partial charge in [-0.05, 0) is 32.4 Å². The van der Waals surface area contributed by atoms with Gasteiger partial charge < -0.3 is 15.0 Å². The van der Waals surface area contributed by atoms with Crippen LogP contribution in [0.3, 0.4) is 0 Å². The van der Waals surface area contributed by atoms with E-state index in [0.29, 0.717) is 24.5 Å². The zero-order valence-electron chi connectivity index (χ0n) is 12.9. The molecule has 1 heterocycles. The monoisotopic (exact) mass is 298 g/mol. The van der Waals surface area contributed by atoms with E-state index in [4.69, 9.17) is 0 Å². The molecular formula is C16H24F2N2O. The van der Waals surface area contributed by atoms with E-state index in [-0.39, 0.29) is 5.75 Å². The Bertz CT molecular complexity index is 456. The lowest BCUT2D eigenvalue weighted by Crippen LogP contribution is -2.50.